The zero-order valence-corrected chi connectivity index (χ0v) is 13.2. The highest BCUT2D eigenvalue weighted by atomic mass is 16.7. The number of rotatable bonds is 4. The van der Waals surface area contributed by atoms with Crippen LogP contribution in [0.25, 0.3) is 0 Å². The Balaban J connectivity index is 2.13. The molecule has 0 amide bonds. The lowest BCUT2D eigenvalue weighted by atomic mass is 9.97. The van der Waals surface area contributed by atoms with Gasteiger partial charge in [-0.1, -0.05) is 0 Å². The summed E-state index contributed by atoms with van der Waals surface area (Å²) in [6.07, 6.45) is -17.0. The minimum atomic E-state index is -1.85. The first kappa shape index (κ1) is 20.4. The highest BCUT2D eigenvalue weighted by Gasteiger charge is 2.51. The van der Waals surface area contributed by atoms with E-state index in [1.54, 1.807) is 0 Å². The van der Waals surface area contributed by atoms with Crippen LogP contribution in [0.3, 0.4) is 0 Å². The Morgan fingerprint density at radius 3 is 2.12 bits per heavy atom. The molecule has 0 bridgehead atoms. The molecule has 0 aromatic heterocycles. The molecule has 25 heavy (non-hydrogen) atoms. The van der Waals surface area contributed by atoms with Crippen LogP contribution < -0.4 is 0 Å². The van der Waals surface area contributed by atoms with Gasteiger partial charge in [0, 0.05) is 0 Å². The zero-order chi connectivity index (χ0) is 18.9. The summed E-state index contributed by atoms with van der Waals surface area (Å²) in [6, 6.07) is 0. The molecular weight excluding hydrogens is 348 g/mol. The van der Waals surface area contributed by atoms with Crippen LogP contribution in [-0.2, 0) is 23.7 Å². The summed E-state index contributed by atoms with van der Waals surface area (Å²) in [5.74, 6) is -1.05. The average Bonchev–Trinajstić information content (AvgIpc) is 2.60. The molecule has 146 valence electrons. The van der Waals surface area contributed by atoms with E-state index < -0.39 is 74.0 Å². The number of methoxy groups -OCH3 is 1. The Hall–Kier alpha value is -0.930. The molecule has 7 N–H and O–H groups in total. The molecule has 2 saturated heterocycles. The molecule has 12 nitrogen and oxygen atoms in total. The number of carbonyl (C=O) groups is 1. The predicted molar refractivity (Wildman–Crippen MR) is 73.5 cm³/mol. The lowest BCUT2D eigenvalue weighted by Gasteiger charge is -2.44. The third-order valence-electron chi connectivity index (χ3n) is 4.14. The maximum atomic E-state index is 11.6. The fourth-order valence-corrected chi connectivity index (χ4v) is 2.64. The Morgan fingerprint density at radius 2 is 1.56 bits per heavy atom. The minimum absolute atomic E-state index is 0.681. The molecule has 0 spiro atoms. The summed E-state index contributed by atoms with van der Waals surface area (Å²) in [5, 5.41) is 68.2. The molecule has 2 fully saturated rings. The SMILES string of the molecule is COC(=O)[C@H]1O[C@H](O[C@@H]2[C@@H](O)[C@H](O)[C@@H](CO)O[C@H]2O)[C@H](O)[C@@H](O)[C@@H]1O. The van der Waals surface area contributed by atoms with Crippen molar-refractivity contribution in [3.8, 4) is 0 Å². The van der Waals surface area contributed by atoms with Crippen LogP contribution in [0.5, 0.6) is 0 Å². The molecule has 2 aliphatic rings. The van der Waals surface area contributed by atoms with Crippen molar-refractivity contribution < 1.29 is 59.5 Å². The first-order chi connectivity index (χ1) is 11.7. The second-order valence-electron chi connectivity index (χ2n) is 5.75. The van der Waals surface area contributed by atoms with E-state index in [0.717, 1.165) is 7.11 Å². The summed E-state index contributed by atoms with van der Waals surface area (Å²) in [7, 11) is 1.01. The van der Waals surface area contributed by atoms with Crippen LogP contribution in [-0.4, -0.2) is 117 Å². The number of aliphatic hydroxyl groups excluding tert-OH is 7. The summed E-state index contributed by atoms with van der Waals surface area (Å²) in [6.45, 7) is -0.681. The van der Waals surface area contributed by atoms with Gasteiger partial charge < -0.3 is 54.7 Å². The van der Waals surface area contributed by atoms with E-state index in [-0.39, 0.29) is 0 Å². The van der Waals surface area contributed by atoms with Crippen LogP contribution in [0.4, 0.5) is 0 Å². The Labute approximate surface area is 141 Å². The van der Waals surface area contributed by atoms with Gasteiger partial charge >= 0.3 is 5.97 Å². The van der Waals surface area contributed by atoms with Gasteiger partial charge in [-0.2, -0.15) is 0 Å². The molecule has 0 radical (unpaired) electrons. The number of ether oxygens (including phenoxy) is 4. The van der Waals surface area contributed by atoms with Crippen molar-refractivity contribution in [3.05, 3.63) is 0 Å². The lowest BCUT2D eigenvalue weighted by Crippen LogP contribution is -2.64. The molecule has 0 saturated carbocycles. The average molecular weight is 370 g/mol. The van der Waals surface area contributed by atoms with Crippen LogP contribution in [0, 0.1) is 0 Å². The third kappa shape index (κ3) is 3.93. The monoisotopic (exact) mass is 370 g/mol. The van der Waals surface area contributed by atoms with Gasteiger partial charge in [-0.3, -0.25) is 0 Å². The summed E-state index contributed by atoms with van der Waals surface area (Å²) < 4.78 is 19.5. The van der Waals surface area contributed by atoms with E-state index in [1.165, 1.54) is 0 Å². The summed E-state index contributed by atoms with van der Waals surface area (Å²) >= 11 is 0. The van der Waals surface area contributed by atoms with Gasteiger partial charge in [-0.05, 0) is 0 Å². The molecule has 2 rings (SSSR count). The van der Waals surface area contributed by atoms with Crippen LogP contribution >= 0.6 is 0 Å². The largest absolute Gasteiger partial charge is 0.467 e. The van der Waals surface area contributed by atoms with Crippen LogP contribution in [0.2, 0.25) is 0 Å². The van der Waals surface area contributed by atoms with Gasteiger partial charge in [-0.15, -0.1) is 0 Å². The standard InChI is InChI=1S/C13H22O12/c1-22-11(20)9-7(18)5(16)8(19)13(24-9)25-10-6(17)4(15)3(2-14)23-12(10)21/h3-10,12-19,21H,2H2,1H3/t3-,4-,5+,6+,7+,8-,9+,10-,12-,13-/m1/s1. The minimum Gasteiger partial charge on any atom is -0.467 e. The van der Waals surface area contributed by atoms with Crippen molar-refractivity contribution in [1.29, 1.82) is 0 Å². The maximum absolute atomic E-state index is 11.6. The predicted octanol–water partition coefficient (Wildman–Crippen LogP) is -5.22. The fraction of sp³-hybridized carbons (Fsp3) is 0.923. The van der Waals surface area contributed by atoms with E-state index >= 15 is 0 Å². The number of esters is 1. The second-order valence-corrected chi connectivity index (χ2v) is 5.75. The Morgan fingerprint density at radius 1 is 0.920 bits per heavy atom. The van der Waals surface area contributed by atoms with E-state index in [1.807, 2.05) is 0 Å². The van der Waals surface area contributed by atoms with Gasteiger partial charge in [0.25, 0.3) is 0 Å². The summed E-state index contributed by atoms with van der Waals surface area (Å²) in [5.41, 5.74) is 0. The first-order valence-electron chi connectivity index (χ1n) is 7.46. The highest BCUT2D eigenvalue weighted by Crippen LogP contribution is 2.28. The lowest BCUT2D eigenvalue weighted by molar-refractivity contribution is -0.358. The van der Waals surface area contributed by atoms with E-state index in [0.29, 0.717) is 0 Å². The molecule has 0 aromatic carbocycles. The molecule has 10 atom stereocenters. The third-order valence-corrected chi connectivity index (χ3v) is 4.14. The van der Waals surface area contributed by atoms with Gasteiger partial charge in [0.2, 0.25) is 0 Å². The number of hydrogen-bond acceptors (Lipinski definition) is 12. The molecule has 0 aliphatic carbocycles. The number of carbonyl (C=O) groups excluding carboxylic acids is 1. The first-order valence-corrected chi connectivity index (χ1v) is 7.46. The second kappa shape index (κ2) is 8.18. The quantitative estimate of drug-likeness (QED) is 0.233. The fourth-order valence-electron chi connectivity index (χ4n) is 2.64. The van der Waals surface area contributed by atoms with Crippen molar-refractivity contribution in [2.75, 3.05) is 13.7 Å². The molecule has 2 aliphatic heterocycles. The number of hydrogen-bond donors (Lipinski definition) is 7. The molecule has 0 unspecified atom stereocenters. The van der Waals surface area contributed by atoms with Crippen molar-refractivity contribution in [2.24, 2.45) is 0 Å². The zero-order valence-electron chi connectivity index (χ0n) is 13.2. The van der Waals surface area contributed by atoms with E-state index in [2.05, 4.69) is 4.74 Å². The topological polar surface area (TPSA) is 196 Å². The van der Waals surface area contributed by atoms with Crippen LogP contribution in [0.1, 0.15) is 0 Å². The van der Waals surface area contributed by atoms with Crippen molar-refractivity contribution in [3.63, 3.8) is 0 Å². The molecule has 2 heterocycles. The van der Waals surface area contributed by atoms with Crippen molar-refractivity contribution in [1.82, 2.24) is 0 Å². The van der Waals surface area contributed by atoms with Crippen LogP contribution in [0.15, 0.2) is 0 Å². The molecule has 0 aromatic rings. The van der Waals surface area contributed by atoms with Gasteiger partial charge in [0.1, 0.15) is 42.7 Å². The summed E-state index contributed by atoms with van der Waals surface area (Å²) in [4.78, 5) is 11.6. The van der Waals surface area contributed by atoms with Gasteiger partial charge in [0.05, 0.1) is 13.7 Å². The van der Waals surface area contributed by atoms with Gasteiger partial charge in [0.15, 0.2) is 18.7 Å². The maximum Gasteiger partial charge on any atom is 0.337 e. The molecule has 12 heteroatoms. The molecular formula is C13H22O12. The van der Waals surface area contributed by atoms with Crippen molar-refractivity contribution in [2.45, 2.75) is 61.4 Å². The van der Waals surface area contributed by atoms with Gasteiger partial charge in [-0.25, -0.2) is 4.79 Å². The highest BCUT2D eigenvalue weighted by molar-refractivity contribution is 5.75. The number of aliphatic hydroxyl groups is 7. The van der Waals surface area contributed by atoms with E-state index in [9.17, 15) is 35.4 Å². The normalized spacial score (nSPS) is 48.2. The smallest absolute Gasteiger partial charge is 0.337 e. The van der Waals surface area contributed by atoms with Crippen molar-refractivity contribution >= 4 is 5.97 Å². The Kier molecular flexibility index (Phi) is 6.67. The van der Waals surface area contributed by atoms with E-state index in [4.69, 9.17) is 19.3 Å². The Bertz CT molecular complexity index is 460.